The molecule has 0 aliphatic rings. The summed E-state index contributed by atoms with van der Waals surface area (Å²) in [5.74, 6) is -3.20. The normalized spacial score (nSPS) is 12.1. The van der Waals surface area contributed by atoms with Crippen LogP contribution in [0.25, 0.3) is 0 Å². The van der Waals surface area contributed by atoms with E-state index in [1.807, 2.05) is 6.07 Å². The van der Waals surface area contributed by atoms with Crippen molar-refractivity contribution in [3.8, 4) is 11.8 Å². The van der Waals surface area contributed by atoms with E-state index < -0.39 is 36.4 Å². The second-order valence-electron chi connectivity index (χ2n) is 5.00. The van der Waals surface area contributed by atoms with Gasteiger partial charge in [-0.15, -0.1) is 24.5 Å². The number of aryl methyl sites for hydroxylation is 1. The highest BCUT2D eigenvalue weighted by Crippen LogP contribution is 2.23. The van der Waals surface area contributed by atoms with Crippen LogP contribution in [0.2, 0.25) is 0 Å². The van der Waals surface area contributed by atoms with E-state index in [4.69, 9.17) is 10.00 Å². The molecule has 1 heterocycles. The number of esters is 1. The Morgan fingerprint density at radius 2 is 1.96 bits per heavy atom. The fourth-order valence-electron chi connectivity index (χ4n) is 1.87. The van der Waals surface area contributed by atoms with Crippen molar-refractivity contribution in [1.82, 2.24) is 4.98 Å². The molecule has 0 amide bonds. The van der Waals surface area contributed by atoms with Gasteiger partial charge >= 0.3 is 12.3 Å². The number of nitriles is 1. The van der Waals surface area contributed by atoms with Crippen molar-refractivity contribution in [2.24, 2.45) is 0 Å². The van der Waals surface area contributed by atoms with Crippen LogP contribution < -0.4 is 4.74 Å². The van der Waals surface area contributed by atoms with Crippen molar-refractivity contribution in [3.05, 3.63) is 45.9 Å². The van der Waals surface area contributed by atoms with E-state index in [2.05, 4.69) is 9.72 Å². The van der Waals surface area contributed by atoms with E-state index >= 15 is 0 Å². The van der Waals surface area contributed by atoms with E-state index in [9.17, 15) is 22.8 Å². The Bertz CT molecular complexity index is 840. The SMILES string of the molecule is Cc1csc([C@H](C#N)C(=O)COC(=O)c2ccc(OC(F)(F)F)cc2)n1. The third-order valence-corrected chi connectivity index (χ3v) is 4.03. The number of Topliss-reactive ketones (excluding diaryl/α,β-unsaturated/α-hetero) is 1. The predicted molar refractivity (Wildman–Crippen MR) is 83.6 cm³/mol. The van der Waals surface area contributed by atoms with Crippen LogP contribution in [-0.4, -0.2) is 29.7 Å². The summed E-state index contributed by atoms with van der Waals surface area (Å²) in [5, 5.41) is 11.1. The molecule has 0 unspecified atom stereocenters. The van der Waals surface area contributed by atoms with Crippen molar-refractivity contribution < 1.29 is 32.2 Å². The number of rotatable bonds is 6. The summed E-state index contributed by atoms with van der Waals surface area (Å²) in [6, 6.07) is 5.84. The Labute approximate surface area is 149 Å². The molecule has 0 radical (unpaired) electrons. The number of thiazole rings is 1. The number of aromatic nitrogens is 1. The molecule has 2 aromatic rings. The van der Waals surface area contributed by atoms with E-state index in [-0.39, 0.29) is 5.56 Å². The van der Waals surface area contributed by atoms with Gasteiger partial charge in [0.15, 0.2) is 18.3 Å². The minimum atomic E-state index is -4.84. The summed E-state index contributed by atoms with van der Waals surface area (Å²) in [6.45, 7) is 1.06. The smallest absolute Gasteiger partial charge is 0.454 e. The first kappa shape index (κ1) is 19.4. The zero-order valence-corrected chi connectivity index (χ0v) is 14.1. The second kappa shape index (κ2) is 7.97. The Hall–Kier alpha value is -2.93. The summed E-state index contributed by atoms with van der Waals surface area (Å²) in [5.41, 5.74) is 0.599. The van der Waals surface area contributed by atoms with Crippen LogP contribution in [0.5, 0.6) is 5.75 Å². The summed E-state index contributed by atoms with van der Waals surface area (Å²) in [6.07, 6.45) is -4.84. The highest BCUT2D eigenvalue weighted by atomic mass is 32.1. The molecule has 2 rings (SSSR count). The largest absolute Gasteiger partial charge is 0.573 e. The molecule has 0 aliphatic heterocycles. The average molecular weight is 384 g/mol. The molecular weight excluding hydrogens is 373 g/mol. The van der Waals surface area contributed by atoms with Crippen molar-refractivity contribution in [2.45, 2.75) is 19.2 Å². The quantitative estimate of drug-likeness (QED) is 0.710. The monoisotopic (exact) mass is 384 g/mol. The molecule has 0 aliphatic carbocycles. The van der Waals surface area contributed by atoms with E-state index in [1.54, 1.807) is 12.3 Å². The molecule has 6 nitrogen and oxygen atoms in total. The number of ketones is 1. The molecule has 0 bridgehead atoms. The van der Waals surface area contributed by atoms with Gasteiger partial charge in [0.25, 0.3) is 0 Å². The number of hydrogen-bond donors (Lipinski definition) is 0. The average Bonchev–Trinajstić information content (AvgIpc) is 2.98. The number of carbonyl (C=O) groups excluding carboxylic acids is 2. The number of hydrogen-bond acceptors (Lipinski definition) is 7. The lowest BCUT2D eigenvalue weighted by Gasteiger charge is -2.09. The number of ether oxygens (including phenoxy) is 2. The van der Waals surface area contributed by atoms with Gasteiger partial charge in [-0.3, -0.25) is 4.79 Å². The summed E-state index contributed by atoms with van der Waals surface area (Å²) >= 11 is 1.15. The Kier molecular flexibility index (Phi) is 5.94. The van der Waals surface area contributed by atoms with E-state index in [0.717, 1.165) is 35.6 Å². The van der Waals surface area contributed by atoms with Gasteiger partial charge in [-0.1, -0.05) is 0 Å². The van der Waals surface area contributed by atoms with Gasteiger partial charge in [0, 0.05) is 11.1 Å². The van der Waals surface area contributed by atoms with Gasteiger partial charge in [0.2, 0.25) is 0 Å². The molecule has 0 saturated carbocycles. The number of nitrogens with zero attached hydrogens (tertiary/aromatic N) is 2. The zero-order valence-electron chi connectivity index (χ0n) is 13.2. The number of alkyl halides is 3. The standard InChI is InChI=1S/C16H11F3N2O4S/c1-9-8-26-14(21-9)12(6-20)13(22)7-24-15(23)10-2-4-11(5-3-10)25-16(17,18)19/h2-5,8,12H,7H2,1H3/t12-/m1/s1. The number of benzene rings is 1. The Balaban J connectivity index is 1.95. The molecule has 0 N–H and O–H groups in total. The van der Waals surface area contributed by atoms with Crippen molar-refractivity contribution >= 4 is 23.1 Å². The molecule has 0 fully saturated rings. The molecular formula is C16H11F3N2O4S. The molecule has 1 aromatic heterocycles. The fraction of sp³-hybridized carbons (Fsp3) is 0.250. The van der Waals surface area contributed by atoms with Gasteiger partial charge in [0.1, 0.15) is 10.8 Å². The van der Waals surface area contributed by atoms with E-state index in [0.29, 0.717) is 10.7 Å². The minimum absolute atomic E-state index is 0.0640. The minimum Gasteiger partial charge on any atom is -0.454 e. The van der Waals surface area contributed by atoms with Gasteiger partial charge in [-0.25, -0.2) is 9.78 Å². The van der Waals surface area contributed by atoms with Gasteiger partial charge in [-0.05, 0) is 31.2 Å². The first-order valence-electron chi connectivity index (χ1n) is 7.07. The molecule has 136 valence electrons. The maximum absolute atomic E-state index is 12.1. The van der Waals surface area contributed by atoms with Crippen LogP contribution in [0.15, 0.2) is 29.6 Å². The van der Waals surface area contributed by atoms with Crippen molar-refractivity contribution in [2.75, 3.05) is 6.61 Å². The molecule has 0 spiro atoms. The third-order valence-electron chi connectivity index (χ3n) is 3.00. The van der Waals surface area contributed by atoms with Crippen LogP contribution in [0.4, 0.5) is 13.2 Å². The number of carbonyl (C=O) groups is 2. The van der Waals surface area contributed by atoms with Crippen LogP contribution in [0.3, 0.4) is 0 Å². The first-order valence-corrected chi connectivity index (χ1v) is 7.95. The highest BCUT2D eigenvalue weighted by Gasteiger charge is 2.31. The van der Waals surface area contributed by atoms with Crippen molar-refractivity contribution in [3.63, 3.8) is 0 Å². The Morgan fingerprint density at radius 1 is 1.31 bits per heavy atom. The predicted octanol–water partition coefficient (Wildman–Crippen LogP) is 3.38. The topological polar surface area (TPSA) is 89.3 Å². The lowest BCUT2D eigenvalue weighted by Crippen LogP contribution is -2.20. The van der Waals surface area contributed by atoms with E-state index in [1.165, 1.54) is 0 Å². The van der Waals surface area contributed by atoms with Crippen LogP contribution >= 0.6 is 11.3 Å². The number of halogens is 3. The van der Waals surface area contributed by atoms with Crippen molar-refractivity contribution in [1.29, 1.82) is 5.26 Å². The first-order chi connectivity index (χ1) is 12.2. The van der Waals surface area contributed by atoms with Gasteiger partial charge < -0.3 is 9.47 Å². The Morgan fingerprint density at radius 3 is 2.46 bits per heavy atom. The molecule has 1 aromatic carbocycles. The summed E-state index contributed by atoms with van der Waals surface area (Å²) in [7, 11) is 0. The van der Waals surface area contributed by atoms with Crippen LogP contribution in [-0.2, 0) is 9.53 Å². The zero-order chi connectivity index (χ0) is 19.3. The highest BCUT2D eigenvalue weighted by molar-refractivity contribution is 7.09. The fourth-order valence-corrected chi connectivity index (χ4v) is 2.73. The maximum atomic E-state index is 12.1. The summed E-state index contributed by atoms with van der Waals surface area (Å²) < 4.78 is 44.7. The molecule has 10 heteroatoms. The van der Waals surface area contributed by atoms with Crippen LogP contribution in [0, 0.1) is 18.3 Å². The van der Waals surface area contributed by atoms with Gasteiger partial charge in [0.05, 0.1) is 11.6 Å². The molecule has 26 heavy (non-hydrogen) atoms. The van der Waals surface area contributed by atoms with Gasteiger partial charge in [-0.2, -0.15) is 5.26 Å². The molecule has 0 saturated heterocycles. The van der Waals surface area contributed by atoms with Crippen LogP contribution in [0.1, 0.15) is 27.0 Å². The summed E-state index contributed by atoms with van der Waals surface area (Å²) in [4.78, 5) is 28.0. The molecule has 1 atom stereocenters. The lowest BCUT2D eigenvalue weighted by atomic mass is 10.1. The third kappa shape index (κ3) is 5.29. The second-order valence-corrected chi connectivity index (χ2v) is 5.89. The maximum Gasteiger partial charge on any atom is 0.573 e. The lowest BCUT2D eigenvalue weighted by molar-refractivity contribution is -0.274.